The summed E-state index contributed by atoms with van der Waals surface area (Å²) in [4.78, 5) is 34.1. The maximum absolute atomic E-state index is 13.2. The summed E-state index contributed by atoms with van der Waals surface area (Å²) in [7, 11) is 0. The number of nitrogens with zero attached hydrogens (tertiary/aromatic N) is 2. The SMILES string of the molecule is Cc1[nH]c(/C=C2\C(=O)Nc3ccc(Br)cc32)c(C)c1C(=O)NCC(C)N1CCN(Cc2ccccc2)CC1. The van der Waals surface area contributed by atoms with E-state index >= 15 is 0 Å². The maximum Gasteiger partial charge on any atom is 0.256 e. The number of amides is 2. The second kappa shape index (κ2) is 11.3. The van der Waals surface area contributed by atoms with Crippen LogP contribution in [0.4, 0.5) is 5.69 Å². The Morgan fingerprint density at radius 2 is 1.84 bits per heavy atom. The quantitative estimate of drug-likeness (QED) is 0.353. The fourth-order valence-electron chi connectivity index (χ4n) is 5.37. The van der Waals surface area contributed by atoms with Crippen LogP contribution in [0.25, 0.3) is 11.6 Å². The van der Waals surface area contributed by atoms with Crippen LogP contribution in [-0.4, -0.2) is 65.4 Å². The number of nitrogens with one attached hydrogen (secondary N) is 3. The van der Waals surface area contributed by atoms with Gasteiger partial charge in [0.2, 0.25) is 0 Å². The highest BCUT2D eigenvalue weighted by Gasteiger charge is 2.26. The fraction of sp³-hybridized carbons (Fsp3) is 0.333. The molecule has 3 N–H and O–H groups in total. The first kappa shape index (κ1) is 26.4. The third-order valence-electron chi connectivity index (χ3n) is 7.59. The van der Waals surface area contributed by atoms with Crippen molar-refractivity contribution in [3.05, 3.63) is 86.6 Å². The van der Waals surface area contributed by atoms with Crippen LogP contribution in [0.3, 0.4) is 0 Å². The highest BCUT2D eigenvalue weighted by atomic mass is 79.9. The molecule has 3 aromatic rings. The highest BCUT2D eigenvalue weighted by molar-refractivity contribution is 9.10. The van der Waals surface area contributed by atoms with Gasteiger partial charge in [-0.05, 0) is 56.2 Å². The van der Waals surface area contributed by atoms with Gasteiger partial charge in [0.1, 0.15) is 0 Å². The molecule has 198 valence electrons. The van der Waals surface area contributed by atoms with E-state index in [0.717, 1.165) is 65.4 Å². The molecule has 38 heavy (non-hydrogen) atoms. The van der Waals surface area contributed by atoms with Crippen LogP contribution in [0, 0.1) is 13.8 Å². The predicted molar refractivity (Wildman–Crippen MR) is 156 cm³/mol. The molecule has 1 atom stereocenters. The average Bonchev–Trinajstić information content (AvgIpc) is 3.37. The Morgan fingerprint density at radius 3 is 2.58 bits per heavy atom. The maximum atomic E-state index is 13.2. The number of carbonyl (C=O) groups is 2. The summed E-state index contributed by atoms with van der Waals surface area (Å²) in [5, 5.41) is 6.06. The molecule has 2 aromatic carbocycles. The molecule has 0 spiro atoms. The van der Waals surface area contributed by atoms with Gasteiger partial charge in [0.25, 0.3) is 11.8 Å². The third-order valence-corrected chi connectivity index (χ3v) is 8.09. The molecule has 1 unspecified atom stereocenters. The summed E-state index contributed by atoms with van der Waals surface area (Å²) in [6.45, 7) is 11.6. The van der Waals surface area contributed by atoms with Crippen LogP contribution in [0.2, 0.25) is 0 Å². The number of aryl methyl sites for hydroxylation is 1. The van der Waals surface area contributed by atoms with Crippen LogP contribution in [-0.2, 0) is 11.3 Å². The molecular formula is C30H34BrN5O2. The Kier molecular flexibility index (Phi) is 7.83. The molecule has 0 aliphatic carbocycles. The number of fused-ring (bicyclic) bond motifs is 1. The summed E-state index contributed by atoms with van der Waals surface area (Å²) in [5.74, 6) is -0.233. The van der Waals surface area contributed by atoms with Crippen molar-refractivity contribution in [2.24, 2.45) is 0 Å². The Bertz CT molecular complexity index is 1370. The molecule has 1 saturated heterocycles. The van der Waals surface area contributed by atoms with Crippen molar-refractivity contribution in [1.82, 2.24) is 20.1 Å². The van der Waals surface area contributed by atoms with E-state index in [0.29, 0.717) is 17.7 Å². The number of hydrogen-bond acceptors (Lipinski definition) is 4. The van der Waals surface area contributed by atoms with Crippen molar-refractivity contribution in [2.45, 2.75) is 33.4 Å². The lowest BCUT2D eigenvalue weighted by molar-refractivity contribution is -0.110. The standard InChI is InChI=1S/C30H34BrN5O2/c1-19(36-13-11-35(12-14-36)18-22-7-5-4-6-8-22)17-32-30(38)28-20(2)27(33-21(28)3)16-25-24-15-23(31)9-10-26(24)34-29(25)37/h4-10,15-16,19,33H,11-14,17-18H2,1-3H3,(H,32,38)(H,34,37)/b25-16-. The fourth-order valence-corrected chi connectivity index (χ4v) is 5.73. The van der Waals surface area contributed by atoms with E-state index in [1.165, 1.54) is 5.56 Å². The Hall–Kier alpha value is -3.20. The zero-order chi connectivity index (χ0) is 26.8. The molecule has 2 aliphatic rings. The number of piperazine rings is 1. The van der Waals surface area contributed by atoms with Gasteiger partial charge >= 0.3 is 0 Å². The van der Waals surface area contributed by atoms with Crippen molar-refractivity contribution in [2.75, 3.05) is 38.0 Å². The van der Waals surface area contributed by atoms with E-state index in [9.17, 15) is 9.59 Å². The van der Waals surface area contributed by atoms with E-state index < -0.39 is 0 Å². The number of aromatic nitrogens is 1. The lowest BCUT2D eigenvalue weighted by Crippen LogP contribution is -2.52. The highest BCUT2D eigenvalue weighted by Crippen LogP contribution is 2.35. The van der Waals surface area contributed by atoms with E-state index in [4.69, 9.17) is 0 Å². The summed E-state index contributed by atoms with van der Waals surface area (Å²) in [5.41, 5.74) is 6.61. The largest absolute Gasteiger partial charge is 0.358 e. The van der Waals surface area contributed by atoms with Crippen LogP contribution in [0.1, 0.15) is 45.4 Å². The van der Waals surface area contributed by atoms with Gasteiger partial charge in [0, 0.05) is 72.4 Å². The molecule has 5 rings (SSSR count). The lowest BCUT2D eigenvalue weighted by Gasteiger charge is -2.38. The van der Waals surface area contributed by atoms with Crippen molar-refractivity contribution in [1.29, 1.82) is 0 Å². The summed E-state index contributed by atoms with van der Waals surface area (Å²) < 4.78 is 0.907. The number of hydrogen-bond donors (Lipinski definition) is 3. The van der Waals surface area contributed by atoms with E-state index in [-0.39, 0.29) is 17.9 Å². The van der Waals surface area contributed by atoms with E-state index in [1.807, 2.05) is 38.1 Å². The molecule has 8 heteroatoms. The Balaban J connectivity index is 1.20. The average molecular weight is 577 g/mol. The van der Waals surface area contributed by atoms with Crippen molar-refractivity contribution < 1.29 is 9.59 Å². The first-order valence-electron chi connectivity index (χ1n) is 13.1. The van der Waals surface area contributed by atoms with Crippen molar-refractivity contribution in [3.63, 3.8) is 0 Å². The molecule has 3 heterocycles. The number of rotatable bonds is 7. The molecule has 0 saturated carbocycles. The van der Waals surface area contributed by atoms with E-state index in [2.05, 4.69) is 78.6 Å². The number of benzene rings is 2. The number of carbonyl (C=O) groups excluding carboxylic acids is 2. The monoisotopic (exact) mass is 575 g/mol. The molecule has 2 aliphatic heterocycles. The zero-order valence-corrected chi connectivity index (χ0v) is 23.7. The molecule has 0 radical (unpaired) electrons. The van der Waals surface area contributed by atoms with Crippen LogP contribution in [0.5, 0.6) is 0 Å². The minimum absolute atomic E-state index is 0.0884. The summed E-state index contributed by atoms with van der Waals surface area (Å²) in [6.07, 6.45) is 1.84. The molecular weight excluding hydrogens is 542 g/mol. The molecule has 7 nitrogen and oxygen atoms in total. The normalized spacial score (nSPS) is 17.9. The summed E-state index contributed by atoms with van der Waals surface area (Å²) in [6, 6.07) is 16.6. The minimum Gasteiger partial charge on any atom is -0.358 e. The number of anilines is 1. The smallest absolute Gasteiger partial charge is 0.256 e. The van der Waals surface area contributed by atoms with Gasteiger partial charge < -0.3 is 15.6 Å². The lowest BCUT2D eigenvalue weighted by atomic mass is 10.0. The van der Waals surface area contributed by atoms with Crippen LogP contribution < -0.4 is 10.6 Å². The number of aromatic amines is 1. The zero-order valence-electron chi connectivity index (χ0n) is 22.1. The first-order chi connectivity index (χ1) is 18.3. The van der Waals surface area contributed by atoms with Crippen molar-refractivity contribution in [3.8, 4) is 0 Å². The van der Waals surface area contributed by atoms with Gasteiger partial charge in [-0.1, -0.05) is 46.3 Å². The first-order valence-corrected chi connectivity index (χ1v) is 13.9. The van der Waals surface area contributed by atoms with Gasteiger partial charge in [-0.25, -0.2) is 0 Å². The van der Waals surface area contributed by atoms with Gasteiger partial charge in [-0.15, -0.1) is 0 Å². The number of halogens is 1. The third kappa shape index (κ3) is 5.62. The Labute approximate surface area is 232 Å². The van der Waals surface area contributed by atoms with Gasteiger partial charge in [0.05, 0.1) is 11.1 Å². The molecule has 2 amide bonds. The van der Waals surface area contributed by atoms with Gasteiger partial charge in [-0.3, -0.25) is 19.4 Å². The topological polar surface area (TPSA) is 80.5 Å². The second-order valence-electron chi connectivity index (χ2n) is 10.2. The van der Waals surface area contributed by atoms with Gasteiger partial charge in [0.15, 0.2) is 0 Å². The van der Waals surface area contributed by atoms with Gasteiger partial charge in [-0.2, -0.15) is 0 Å². The molecule has 1 fully saturated rings. The van der Waals surface area contributed by atoms with Crippen LogP contribution >= 0.6 is 15.9 Å². The molecule has 0 bridgehead atoms. The van der Waals surface area contributed by atoms with Crippen molar-refractivity contribution >= 4 is 45.1 Å². The number of H-pyrrole nitrogens is 1. The van der Waals surface area contributed by atoms with Crippen LogP contribution in [0.15, 0.2) is 53.0 Å². The summed E-state index contributed by atoms with van der Waals surface area (Å²) >= 11 is 3.49. The predicted octanol–water partition coefficient (Wildman–Crippen LogP) is 4.82. The second-order valence-corrected chi connectivity index (χ2v) is 11.1. The Morgan fingerprint density at radius 1 is 1.11 bits per heavy atom. The van der Waals surface area contributed by atoms with E-state index in [1.54, 1.807) is 0 Å². The minimum atomic E-state index is -0.145. The molecule has 1 aromatic heterocycles.